The van der Waals surface area contributed by atoms with E-state index in [-0.39, 0.29) is 5.91 Å². The van der Waals surface area contributed by atoms with Gasteiger partial charge < -0.3 is 5.32 Å². The topological polar surface area (TPSA) is 107 Å². The first-order valence-electron chi connectivity index (χ1n) is 11.8. The number of sulfonamides is 2. The third-order valence-electron chi connectivity index (χ3n) is 6.30. The maximum absolute atomic E-state index is 12.8. The van der Waals surface area contributed by atoms with Crippen LogP contribution in [0, 0.1) is 0 Å². The molecule has 0 unspecified atom stereocenters. The third kappa shape index (κ3) is 6.55. The van der Waals surface area contributed by atoms with Crippen LogP contribution in [0.25, 0.3) is 0 Å². The number of nitrogens with zero attached hydrogens (tertiary/aromatic N) is 3. The molecule has 37 heavy (non-hydrogen) atoms. The quantitative estimate of drug-likeness (QED) is 0.469. The summed E-state index contributed by atoms with van der Waals surface area (Å²) in [5.74, 6) is -0.301. The summed E-state index contributed by atoms with van der Waals surface area (Å²) in [6.07, 6.45) is 1.12. The first-order valence-corrected chi connectivity index (χ1v) is 15.0. The number of benzene rings is 3. The highest BCUT2D eigenvalue weighted by molar-refractivity contribution is 7.92. The second-order valence-corrected chi connectivity index (χ2v) is 12.9. The molecule has 1 amide bonds. The summed E-state index contributed by atoms with van der Waals surface area (Å²) in [4.78, 5) is 15.2. The smallest absolute Gasteiger partial charge is 0.255 e. The van der Waals surface area contributed by atoms with Gasteiger partial charge in [0.25, 0.3) is 5.91 Å². The van der Waals surface area contributed by atoms with Gasteiger partial charge in [-0.05, 0) is 48.0 Å². The number of hydrogen-bond acceptors (Lipinski definition) is 6. The standard InChI is InChI=1S/C26H30N4O5S2/c1-28(36(2,32)33)24-8-6-7-23(19-24)27-26(31)22-13-11-21(12-14-22)20-29-15-17-30(18-16-29)37(34,35)25-9-4-3-5-10-25/h3-14,19H,15-18,20H2,1-2H3,(H,27,31). The minimum Gasteiger partial charge on any atom is -0.322 e. The zero-order valence-electron chi connectivity index (χ0n) is 20.7. The molecule has 3 aromatic rings. The van der Waals surface area contributed by atoms with E-state index >= 15 is 0 Å². The Morgan fingerprint density at radius 2 is 1.51 bits per heavy atom. The highest BCUT2D eigenvalue weighted by Crippen LogP contribution is 2.22. The van der Waals surface area contributed by atoms with E-state index < -0.39 is 20.0 Å². The van der Waals surface area contributed by atoms with Gasteiger partial charge in [0.2, 0.25) is 20.0 Å². The van der Waals surface area contributed by atoms with Crippen molar-refractivity contribution >= 4 is 37.3 Å². The first kappa shape index (κ1) is 26.8. The molecule has 1 heterocycles. The Hall–Kier alpha value is -3.25. The molecular weight excluding hydrogens is 512 g/mol. The number of amides is 1. The molecule has 11 heteroatoms. The van der Waals surface area contributed by atoms with Crippen molar-refractivity contribution in [3.63, 3.8) is 0 Å². The van der Waals surface area contributed by atoms with E-state index in [0.29, 0.717) is 54.6 Å². The van der Waals surface area contributed by atoms with Crippen LogP contribution in [0.2, 0.25) is 0 Å². The monoisotopic (exact) mass is 542 g/mol. The fraction of sp³-hybridized carbons (Fsp3) is 0.269. The van der Waals surface area contributed by atoms with Crippen molar-refractivity contribution in [3.05, 3.63) is 90.0 Å². The zero-order chi connectivity index (χ0) is 26.6. The van der Waals surface area contributed by atoms with Gasteiger partial charge in [0.1, 0.15) is 0 Å². The molecule has 0 aliphatic carbocycles. The molecule has 0 spiro atoms. The lowest BCUT2D eigenvalue weighted by atomic mass is 10.1. The van der Waals surface area contributed by atoms with Crippen LogP contribution in [0.1, 0.15) is 15.9 Å². The number of rotatable bonds is 8. The average Bonchev–Trinajstić information content (AvgIpc) is 2.89. The minimum atomic E-state index is -3.48. The summed E-state index contributed by atoms with van der Waals surface area (Å²) in [6.45, 7) is 2.73. The van der Waals surface area contributed by atoms with Crippen LogP contribution in [-0.2, 0) is 26.6 Å². The lowest BCUT2D eigenvalue weighted by Crippen LogP contribution is -2.48. The van der Waals surface area contributed by atoms with Crippen LogP contribution in [0.5, 0.6) is 0 Å². The number of nitrogens with one attached hydrogen (secondary N) is 1. The summed E-state index contributed by atoms with van der Waals surface area (Å²) in [5.41, 5.74) is 2.44. The van der Waals surface area contributed by atoms with Gasteiger partial charge in [0.15, 0.2) is 0 Å². The van der Waals surface area contributed by atoms with Crippen molar-refractivity contribution in [1.29, 1.82) is 0 Å². The van der Waals surface area contributed by atoms with E-state index in [1.165, 1.54) is 11.4 Å². The van der Waals surface area contributed by atoms with Gasteiger partial charge in [0.05, 0.1) is 16.8 Å². The van der Waals surface area contributed by atoms with E-state index in [1.807, 2.05) is 12.1 Å². The Morgan fingerprint density at radius 3 is 2.14 bits per heavy atom. The second-order valence-electron chi connectivity index (χ2n) is 8.93. The lowest BCUT2D eigenvalue weighted by Gasteiger charge is -2.34. The van der Waals surface area contributed by atoms with E-state index in [1.54, 1.807) is 66.7 Å². The number of carbonyl (C=O) groups is 1. The molecule has 9 nitrogen and oxygen atoms in total. The fourth-order valence-electron chi connectivity index (χ4n) is 4.06. The summed E-state index contributed by atoms with van der Waals surface area (Å²) in [6, 6.07) is 22.4. The summed E-state index contributed by atoms with van der Waals surface area (Å²) in [5, 5.41) is 2.80. The van der Waals surface area contributed by atoms with Crippen molar-refractivity contribution in [2.24, 2.45) is 0 Å². The van der Waals surface area contributed by atoms with Crippen LogP contribution in [0.4, 0.5) is 11.4 Å². The third-order valence-corrected chi connectivity index (χ3v) is 9.42. The normalized spacial score (nSPS) is 15.3. The van der Waals surface area contributed by atoms with Crippen molar-refractivity contribution in [2.45, 2.75) is 11.4 Å². The van der Waals surface area contributed by atoms with E-state index in [2.05, 4.69) is 10.2 Å². The predicted octanol–water partition coefficient (Wildman–Crippen LogP) is 2.84. The lowest BCUT2D eigenvalue weighted by molar-refractivity contribution is 0.102. The largest absolute Gasteiger partial charge is 0.322 e. The van der Waals surface area contributed by atoms with Crippen molar-refractivity contribution < 1.29 is 21.6 Å². The van der Waals surface area contributed by atoms with Gasteiger partial charge >= 0.3 is 0 Å². The molecule has 0 atom stereocenters. The van der Waals surface area contributed by atoms with Gasteiger partial charge in [-0.3, -0.25) is 14.0 Å². The van der Waals surface area contributed by atoms with E-state index in [0.717, 1.165) is 16.1 Å². The van der Waals surface area contributed by atoms with Crippen molar-refractivity contribution in [2.75, 3.05) is 49.1 Å². The Bertz CT molecular complexity index is 1450. The first-order chi connectivity index (χ1) is 17.5. The molecule has 1 aliphatic rings. The minimum absolute atomic E-state index is 0.301. The van der Waals surface area contributed by atoms with Crippen molar-refractivity contribution in [1.82, 2.24) is 9.21 Å². The SMILES string of the molecule is CN(c1cccc(NC(=O)c2ccc(CN3CCN(S(=O)(=O)c4ccccc4)CC3)cc2)c1)S(C)(=O)=O. The molecule has 0 bridgehead atoms. The molecule has 3 aromatic carbocycles. The highest BCUT2D eigenvalue weighted by Gasteiger charge is 2.28. The van der Waals surface area contributed by atoms with E-state index in [4.69, 9.17) is 0 Å². The molecule has 0 radical (unpaired) electrons. The number of carbonyl (C=O) groups excluding carboxylic acids is 1. The number of hydrogen-bond donors (Lipinski definition) is 1. The molecule has 0 aromatic heterocycles. The van der Waals surface area contributed by atoms with Gasteiger partial charge in [-0.1, -0.05) is 36.4 Å². The highest BCUT2D eigenvalue weighted by atomic mass is 32.2. The molecular formula is C26H30N4O5S2. The van der Waals surface area contributed by atoms with Gasteiger partial charge in [-0.25, -0.2) is 16.8 Å². The van der Waals surface area contributed by atoms with Gasteiger partial charge in [-0.15, -0.1) is 0 Å². The fourth-order valence-corrected chi connectivity index (χ4v) is 6.00. The van der Waals surface area contributed by atoms with Gasteiger partial charge in [-0.2, -0.15) is 4.31 Å². The van der Waals surface area contributed by atoms with Crippen molar-refractivity contribution in [3.8, 4) is 0 Å². The van der Waals surface area contributed by atoms with Gasteiger partial charge in [0, 0.05) is 51.0 Å². The second kappa shape index (κ2) is 11.0. The predicted molar refractivity (Wildman–Crippen MR) is 145 cm³/mol. The molecule has 196 valence electrons. The number of anilines is 2. The van der Waals surface area contributed by atoms with Crippen LogP contribution in [0.15, 0.2) is 83.8 Å². The van der Waals surface area contributed by atoms with Crippen LogP contribution in [0.3, 0.4) is 0 Å². The molecule has 1 aliphatic heterocycles. The summed E-state index contributed by atoms with van der Waals surface area (Å²) in [7, 11) is -5.44. The Morgan fingerprint density at radius 1 is 0.865 bits per heavy atom. The maximum atomic E-state index is 12.8. The summed E-state index contributed by atoms with van der Waals surface area (Å²) < 4.78 is 51.9. The Kier molecular flexibility index (Phi) is 7.98. The average molecular weight is 543 g/mol. The van der Waals surface area contributed by atoms with Crippen LogP contribution < -0.4 is 9.62 Å². The molecule has 1 fully saturated rings. The Labute approximate surface area is 218 Å². The maximum Gasteiger partial charge on any atom is 0.255 e. The molecule has 0 saturated carbocycles. The summed E-state index contributed by atoms with van der Waals surface area (Å²) >= 11 is 0. The van der Waals surface area contributed by atoms with Crippen LogP contribution in [-0.4, -0.2) is 71.4 Å². The Balaban J connectivity index is 1.32. The zero-order valence-corrected chi connectivity index (χ0v) is 22.4. The molecule has 4 rings (SSSR count). The van der Waals surface area contributed by atoms with Crippen LogP contribution >= 0.6 is 0 Å². The molecule has 1 N–H and O–H groups in total. The number of piperazine rings is 1. The van der Waals surface area contributed by atoms with E-state index in [9.17, 15) is 21.6 Å². The molecule has 1 saturated heterocycles.